The number of fused-ring (bicyclic) bond motifs is 3. The van der Waals surface area contributed by atoms with Crippen LogP contribution in [0.1, 0.15) is 94.5 Å². The van der Waals surface area contributed by atoms with Crippen molar-refractivity contribution in [3.63, 3.8) is 0 Å². The van der Waals surface area contributed by atoms with E-state index in [-0.39, 0.29) is 46.2 Å². The third kappa shape index (κ3) is 7.16. The average molecular weight is 753 g/mol. The number of rotatable bonds is 14. The maximum Gasteiger partial charge on any atom is 0.253 e. The van der Waals surface area contributed by atoms with Crippen molar-refractivity contribution in [2.75, 3.05) is 26.8 Å². The summed E-state index contributed by atoms with van der Waals surface area (Å²) in [6, 6.07) is 3.62. The number of ketones is 3. The Morgan fingerprint density at radius 2 is 1.72 bits per heavy atom. The number of phenols is 2. The van der Waals surface area contributed by atoms with Crippen LogP contribution in [0.4, 0.5) is 0 Å². The lowest BCUT2D eigenvalue weighted by Gasteiger charge is -2.43. The van der Waals surface area contributed by atoms with E-state index in [0.29, 0.717) is 25.9 Å². The lowest BCUT2D eigenvalue weighted by atomic mass is 9.72. The molecule has 0 saturated carbocycles. The highest BCUT2D eigenvalue weighted by molar-refractivity contribution is 6.31. The monoisotopic (exact) mass is 752 g/mol. The zero-order valence-electron chi connectivity index (χ0n) is 29.8. The van der Waals surface area contributed by atoms with Crippen LogP contribution in [0.5, 0.6) is 17.2 Å². The average Bonchev–Trinajstić information content (AvgIpc) is 3.46. The second-order valence-corrected chi connectivity index (χ2v) is 14.0. The van der Waals surface area contributed by atoms with E-state index in [1.165, 1.54) is 47.5 Å². The number of hydrazine groups is 2. The van der Waals surface area contributed by atoms with Gasteiger partial charge in [-0.2, -0.15) is 5.12 Å². The van der Waals surface area contributed by atoms with E-state index in [1.54, 1.807) is 6.92 Å². The van der Waals surface area contributed by atoms with E-state index in [1.807, 2.05) is 0 Å². The molecule has 2 aliphatic carbocycles. The van der Waals surface area contributed by atoms with Crippen molar-refractivity contribution >= 4 is 29.2 Å². The van der Waals surface area contributed by atoms with Gasteiger partial charge in [-0.05, 0) is 25.8 Å². The number of aliphatic hydroxyl groups excluding tert-OH is 2. The Labute approximate surface area is 309 Å². The molecule has 6 rings (SSSR count). The van der Waals surface area contributed by atoms with E-state index in [4.69, 9.17) is 20.1 Å². The second-order valence-electron chi connectivity index (χ2n) is 14.0. The van der Waals surface area contributed by atoms with Crippen LogP contribution in [0.25, 0.3) is 0 Å². The number of methoxy groups -OCH3 is 1. The number of nitrogens with zero attached hydrogens (tertiary/aromatic N) is 2. The Bertz CT molecular complexity index is 1880. The van der Waals surface area contributed by atoms with Gasteiger partial charge in [-0.15, -0.1) is 0 Å². The van der Waals surface area contributed by atoms with Gasteiger partial charge in [-0.25, -0.2) is 5.43 Å². The number of amides is 2. The summed E-state index contributed by atoms with van der Waals surface area (Å²) in [5.41, 5.74) is -0.834. The predicted molar refractivity (Wildman–Crippen MR) is 186 cm³/mol. The van der Waals surface area contributed by atoms with Crippen molar-refractivity contribution in [3.8, 4) is 17.2 Å². The fraction of sp³-hybridized carbons (Fsp3) is 0.486. The molecule has 17 nitrogen and oxygen atoms in total. The number of carbonyl (C=O) groups is 5. The zero-order chi connectivity index (χ0) is 39.1. The van der Waals surface area contributed by atoms with Gasteiger partial charge >= 0.3 is 0 Å². The van der Waals surface area contributed by atoms with Crippen LogP contribution in [0.2, 0.25) is 0 Å². The summed E-state index contributed by atoms with van der Waals surface area (Å²) < 4.78 is 17.5. The number of Topliss-reactive ketones (excluding diaryl/α,β-unsaturated/α-hetero) is 1. The van der Waals surface area contributed by atoms with Crippen LogP contribution in [-0.2, 0) is 30.3 Å². The molecule has 1 fully saturated rings. The van der Waals surface area contributed by atoms with Gasteiger partial charge in [0.05, 0.1) is 48.2 Å². The molecule has 54 heavy (non-hydrogen) atoms. The van der Waals surface area contributed by atoms with Crippen molar-refractivity contribution in [3.05, 3.63) is 63.7 Å². The quantitative estimate of drug-likeness (QED) is 0.0382. The first-order valence-corrected chi connectivity index (χ1v) is 17.7. The lowest BCUT2D eigenvalue weighted by Crippen LogP contribution is -2.60. The van der Waals surface area contributed by atoms with E-state index < -0.39 is 95.7 Å². The number of nitrogens with two attached hydrogens (primary N) is 1. The Kier molecular flexibility index (Phi) is 11.3. The molecule has 4 unspecified atom stereocenters. The molecular formula is C37H44N4O13. The molecule has 4 aliphatic rings. The number of nitrogens with one attached hydrogen (secondary N) is 1. The zero-order valence-corrected chi connectivity index (χ0v) is 29.8. The SMILES string of the molecule is COc1cccc2c1C(=O)c1c(O)c3c(c(O)c1C2=O)C[C@@](O)(C(=O)CO)C[C@@H]3OC1CC(NN(N)CCCCCCN2C(=O)C=CC2=O)C(O)C(C)O1. The van der Waals surface area contributed by atoms with E-state index >= 15 is 0 Å². The maximum atomic E-state index is 13.9. The minimum Gasteiger partial charge on any atom is -0.507 e. The largest absolute Gasteiger partial charge is 0.507 e. The third-order valence-corrected chi connectivity index (χ3v) is 10.5. The summed E-state index contributed by atoms with van der Waals surface area (Å²) in [5.74, 6) is 1.63. The molecule has 0 spiro atoms. The Morgan fingerprint density at radius 1 is 1.04 bits per heavy atom. The van der Waals surface area contributed by atoms with Crippen molar-refractivity contribution in [2.24, 2.45) is 5.84 Å². The van der Waals surface area contributed by atoms with E-state index in [9.17, 15) is 49.5 Å². The van der Waals surface area contributed by atoms with Crippen LogP contribution >= 0.6 is 0 Å². The smallest absolute Gasteiger partial charge is 0.253 e. The van der Waals surface area contributed by atoms with Gasteiger partial charge < -0.3 is 39.7 Å². The maximum absolute atomic E-state index is 13.9. The highest BCUT2D eigenvalue weighted by atomic mass is 16.7. The van der Waals surface area contributed by atoms with E-state index in [2.05, 4.69) is 5.43 Å². The summed E-state index contributed by atoms with van der Waals surface area (Å²) >= 11 is 0. The van der Waals surface area contributed by atoms with Crippen LogP contribution in [-0.4, -0.2) is 122 Å². The molecule has 2 aromatic carbocycles. The van der Waals surface area contributed by atoms with Crippen LogP contribution in [0, 0.1) is 0 Å². The Hall–Kier alpha value is -4.59. The Morgan fingerprint density at radius 3 is 2.41 bits per heavy atom. The molecule has 17 heteroatoms. The first-order valence-electron chi connectivity index (χ1n) is 17.7. The second kappa shape index (κ2) is 15.6. The fourth-order valence-electron chi connectivity index (χ4n) is 7.68. The first kappa shape index (κ1) is 39.1. The number of imide groups is 1. The van der Waals surface area contributed by atoms with E-state index in [0.717, 1.165) is 12.8 Å². The highest BCUT2D eigenvalue weighted by Gasteiger charge is 2.50. The van der Waals surface area contributed by atoms with Crippen LogP contribution in [0.3, 0.4) is 0 Å². The summed E-state index contributed by atoms with van der Waals surface area (Å²) in [6.45, 7) is 1.24. The van der Waals surface area contributed by atoms with Crippen molar-refractivity contribution in [1.29, 1.82) is 0 Å². The molecule has 0 aromatic heterocycles. The van der Waals surface area contributed by atoms with Crippen molar-refractivity contribution < 1.29 is 63.7 Å². The minimum atomic E-state index is -2.31. The number of phenolic OH excluding ortho intramolecular Hbond substituents is 2. The van der Waals surface area contributed by atoms with Gasteiger partial charge in [0.2, 0.25) is 5.78 Å². The summed E-state index contributed by atoms with van der Waals surface area (Å²) in [5, 5.41) is 56.9. The topological polar surface area (TPSA) is 259 Å². The molecule has 290 valence electrons. The molecule has 0 bridgehead atoms. The normalized spacial score (nSPS) is 26.3. The molecule has 6 atom stereocenters. The van der Waals surface area contributed by atoms with Crippen LogP contribution in [0.15, 0.2) is 30.4 Å². The summed E-state index contributed by atoms with van der Waals surface area (Å²) in [6.07, 6.45) is -0.339. The van der Waals surface area contributed by atoms with Gasteiger partial charge in [0.1, 0.15) is 29.5 Å². The van der Waals surface area contributed by atoms with Gasteiger partial charge in [0.25, 0.3) is 11.8 Å². The third-order valence-electron chi connectivity index (χ3n) is 10.5. The number of benzene rings is 2. The fourth-order valence-corrected chi connectivity index (χ4v) is 7.68. The molecule has 1 saturated heterocycles. The highest BCUT2D eigenvalue weighted by Crippen LogP contribution is 2.52. The molecular weight excluding hydrogens is 708 g/mol. The van der Waals surface area contributed by atoms with Gasteiger partial charge in [0, 0.05) is 61.2 Å². The van der Waals surface area contributed by atoms with Gasteiger partial charge in [-0.1, -0.05) is 25.0 Å². The van der Waals surface area contributed by atoms with Gasteiger partial charge in [0.15, 0.2) is 17.9 Å². The summed E-state index contributed by atoms with van der Waals surface area (Å²) in [7, 11) is 1.31. The number of aromatic hydroxyl groups is 2. The van der Waals surface area contributed by atoms with Crippen LogP contribution < -0.4 is 16.0 Å². The molecule has 2 heterocycles. The standard InChI is InChI=1S/C37H44N4O13/c1-18-32(46)21(39-41(38)13-6-4-3-5-12-40-25(44)10-11-26(40)45)14-27(53-18)54-23-16-37(51,24(43)17-42)15-20-29(23)36(50)31-30(34(20)48)33(47)19-8-7-9-22(52-2)28(19)35(31)49/h7-11,18,21,23,27,32,39,42,46,48,50-51H,3-6,12-17,38H2,1-2H3/t18?,21?,23-,27?,32?,37-/m0/s1. The molecule has 2 amide bonds. The number of ether oxygens (including phenoxy) is 3. The minimum absolute atomic E-state index is 0.0248. The summed E-state index contributed by atoms with van der Waals surface area (Å²) in [4.78, 5) is 65.2. The molecule has 2 aliphatic heterocycles. The molecule has 8 N–H and O–H groups in total. The number of unbranched alkanes of at least 4 members (excludes halogenated alkanes) is 3. The Balaban J connectivity index is 1.20. The van der Waals surface area contributed by atoms with Crippen molar-refractivity contribution in [2.45, 2.75) is 88.1 Å². The number of aliphatic hydroxyl groups is 3. The van der Waals surface area contributed by atoms with Gasteiger partial charge in [-0.3, -0.25) is 34.7 Å². The lowest BCUT2D eigenvalue weighted by molar-refractivity contribution is -0.253. The number of hydrogen-bond donors (Lipinski definition) is 7. The van der Waals surface area contributed by atoms with Crippen molar-refractivity contribution in [1.82, 2.24) is 15.4 Å². The molecule has 0 radical (unpaired) electrons. The molecule has 2 aromatic rings. The number of hydrogen-bond acceptors (Lipinski definition) is 16. The first-order chi connectivity index (χ1) is 25.7. The predicted octanol–water partition coefficient (Wildman–Crippen LogP) is 0.208. The number of carbonyl (C=O) groups excluding carboxylic acids is 5.